The number of urea groups is 1. The Morgan fingerprint density at radius 2 is 2.05 bits per heavy atom. The molecule has 0 saturated carbocycles. The minimum atomic E-state index is -0.642. The van der Waals surface area contributed by atoms with E-state index < -0.39 is 12.7 Å². The first-order valence-corrected chi connectivity index (χ1v) is 13.8. The number of nitrogens with zero attached hydrogens (tertiary/aromatic N) is 5. The quantitative estimate of drug-likeness (QED) is 0.452. The maximum absolute atomic E-state index is 12.9. The Balaban J connectivity index is 1.52. The van der Waals surface area contributed by atoms with E-state index in [0.29, 0.717) is 11.6 Å². The van der Waals surface area contributed by atoms with Gasteiger partial charge in [0.25, 0.3) is 0 Å². The second kappa shape index (κ2) is 11.0. The second-order valence-electron chi connectivity index (χ2n) is 9.76. The Hall–Kier alpha value is -3.08. The maximum Gasteiger partial charge on any atom is 0.327 e. The monoisotopic (exact) mass is 556 g/mol. The van der Waals surface area contributed by atoms with E-state index in [1.54, 1.807) is 0 Å². The van der Waals surface area contributed by atoms with Crippen molar-refractivity contribution in [2.45, 2.75) is 39.4 Å². The van der Waals surface area contributed by atoms with E-state index in [2.05, 4.69) is 40.6 Å². The fraction of sp³-hybridized carbons (Fsp3) is 0.407. The first kappa shape index (κ1) is 26.5. The summed E-state index contributed by atoms with van der Waals surface area (Å²) >= 11 is 7.99. The molecule has 5 rings (SSSR count). The lowest BCUT2D eigenvalue weighted by Crippen LogP contribution is -2.52. The average molecular weight is 557 g/mol. The molecule has 11 heteroatoms. The minimum Gasteiger partial charge on any atom is -0.366 e. The lowest BCUT2D eigenvalue weighted by Gasteiger charge is -2.38. The predicted octanol–water partition coefficient (Wildman–Crippen LogP) is 4.75. The predicted molar refractivity (Wildman–Crippen MR) is 148 cm³/mol. The molecule has 2 fully saturated rings. The topological polar surface area (TPSA) is 81.7 Å². The normalized spacial score (nSPS) is 18.7. The van der Waals surface area contributed by atoms with Crippen LogP contribution in [0.15, 0.2) is 36.8 Å². The number of hydrogen-bond donors (Lipinski definition) is 1. The number of fused-ring (bicyclic) bond motifs is 1. The zero-order valence-electron chi connectivity index (χ0n) is 21.5. The molecule has 2 aliphatic rings. The van der Waals surface area contributed by atoms with Gasteiger partial charge in [0.1, 0.15) is 13.0 Å². The minimum absolute atomic E-state index is 0.0142. The highest BCUT2D eigenvalue weighted by Crippen LogP contribution is 2.38. The van der Waals surface area contributed by atoms with Gasteiger partial charge < -0.3 is 15.1 Å². The molecule has 0 bridgehead atoms. The van der Waals surface area contributed by atoms with Gasteiger partial charge in [0.05, 0.1) is 29.0 Å². The molecule has 2 saturated heterocycles. The molecule has 0 radical (unpaired) electrons. The van der Waals surface area contributed by atoms with Crippen LogP contribution < -0.4 is 5.32 Å². The number of carbonyl (C=O) groups is 2. The third-order valence-corrected chi connectivity index (χ3v) is 8.49. The summed E-state index contributed by atoms with van der Waals surface area (Å²) in [5.74, 6) is -0.257. The molecule has 4 heterocycles. The van der Waals surface area contributed by atoms with E-state index in [1.165, 1.54) is 27.5 Å². The molecule has 0 aliphatic carbocycles. The van der Waals surface area contributed by atoms with Crippen molar-refractivity contribution in [3.05, 3.63) is 57.8 Å². The summed E-state index contributed by atoms with van der Waals surface area (Å²) in [7, 11) is 0. The molecule has 38 heavy (non-hydrogen) atoms. The fourth-order valence-corrected chi connectivity index (χ4v) is 6.49. The van der Waals surface area contributed by atoms with Crippen molar-refractivity contribution in [2.75, 3.05) is 32.9 Å². The third kappa shape index (κ3) is 5.12. The number of amides is 3. The van der Waals surface area contributed by atoms with Gasteiger partial charge in [-0.05, 0) is 43.2 Å². The molecule has 3 aromatic rings. The molecule has 2 aromatic heterocycles. The van der Waals surface area contributed by atoms with E-state index >= 15 is 0 Å². The first-order valence-electron chi connectivity index (χ1n) is 12.6. The van der Waals surface area contributed by atoms with Crippen LogP contribution in [0, 0.1) is 6.92 Å². The van der Waals surface area contributed by atoms with Crippen LogP contribution >= 0.6 is 22.9 Å². The van der Waals surface area contributed by atoms with Gasteiger partial charge in [-0.15, -0.1) is 11.3 Å². The molecule has 3 amide bonds. The van der Waals surface area contributed by atoms with Crippen molar-refractivity contribution >= 4 is 45.1 Å². The van der Waals surface area contributed by atoms with Gasteiger partial charge in [0.2, 0.25) is 5.91 Å². The summed E-state index contributed by atoms with van der Waals surface area (Å²) in [6.45, 7) is 10.5. The lowest BCUT2D eigenvalue weighted by atomic mass is 9.97. The number of rotatable bonds is 7. The number of carbonyl (C=O) groups excluding carboxylic acids is 2. The van der Waals surface area contributed by atoms with Crippen molar-refractivity contribution in [3.8, 4) is 11.3 Å². The van der Waals surface area contributed by atoms with E-state index in [-0.39, 0.29) is 38.0 Å². The number of halogens is 2. The molecule has 1 aromatic carbocycles. The van der Waals surface area contributed by atoms with E-state index in [1.807, 2.05) is 18.2 Å². The maximum atomic E-state index is 12.9. The Bertz CT molecular complexity index is 1410. The molecule has 0 spiro atoms. The van der Waals surface area contributed by atoms with Gasteiger partial charge in [-0.3, -0.25) is 9.69 Å². The lowest BCUT2D eigenvalue weighted by molar-refractivity contribution is -0.131. The van der Waals surface area contributed by atoms with Gasteiger partial charge in [-0.2, -0.15) is 0 Å². The average Bonchev–Trinajstić information content (AvgIpc) is 3.29. The molecular weight excluding hydrogens is 527 g/mol. The molecular formula is C27H30ClFN6O2S. The molecule has 200 valence electrons. The third-order valence-electron chi connectivity index (χ3n) is 7.16. The Morgan fingerprint density at radius 3 is 2.82 bits per heavy atom. The molecule has 1 N–H and O–H groups in total. The number of aryl methyl sites for hydroxylation is 1. The molecule has 8 nitrogen and oxygen atoms in total. The van der Waals surface area contributed by atoms with Crippen LogP contribution in [0.25, 0.3) is 21.5 Å². The summed E-state index contributed by atoms with van der Waals surface area (Å²) in [6.07, 6.45) is 1.71. The second-order valence-corrected chi connectivity index (χ2v) is 11.3. The van der Waals surface area contributed by atoms with Crippen LogP contribution in [0.5, 0.6) is 0 Å². The van der Waals surface area contributed by atoms with Crippen LogP contribution in [0.1, 0.15) is 29.3 Å². The molecule has 1 atom stereocenters. The summed E-state index contributed by atoms with van der Waals surface area (Å²) in [4.78, 5) is 40.2. The zero-order chi connectivity index (χ0) is 27.0. The zero-order valence-corrected chi connectivity index (χ0v) is 23.0. The van der Waals surface area contributed by atoms with Crippen LogP contribution in [0.4, 0.5) is 9.18 Å². The SMILES string of the molecule is C=C1CNC[C@H](C)N1Cc1c(C)cc(Cl)cc1-c1ncnc2cc(CN3C(=O)CCN(CCF)C3=O)sc12. The molecule has 2 aliphatic heterocycles. The number of alkyl halides is 1. The van der Waals surface area contributed by atoms with Crippen molar-refractivity contribution in [1.29, 1.82) is 0 Å². The van der Waals surface area contributed by atoms with E-state index in [4.69, 9.17) is 11.6 Å². The van der Waals surface area contributed by atoms with Crippen molar-refractivity contribution in [1.82, 2.24) is 30.0 Å². The number of aromatic nitrogens is 2. The highest BCUT2D eigenvalue weighted by molar-refractivity contribution is 7.19. The van der Waals surface area contributed by atoms with Crippen LogP contribution in [0.2, 0.25) is 5.02 Å². The number of benzene rings is 1. The van der Waals surface area contributed by atoms with Crippen molar-refractivity contribution in [3.63, 3.8) is 0 Å². The Labute approximate surface area is 230 Å². The number of nitrogens with one attached hydrogen (secondary N) is 1. The first-order chi connectivity index (χ1) is 18.3. The van der Waals surface area contributed by atoms with Gasteiger partial charge in [0, 0.05) is 59.8 Å². The number of imide groups is 1. The highest BCUT2D eigenvalue weighted by Gasteiger charge is 2.32. The highest BCUT2D eigenvalue weighted by atomic mass is 35.5. The van der Waals surface area contributed by atoms with Gasteiger partial charge in [0.15, 0.2) is 0 Å². The Morgan fingerprint density at radius 1 is 1.24 bits per heavy atom. The largest absolute Gasteiger partial charge is 0.366 e. The summed E-state index contributed by atoms with van der Waals surface area (Å²) in [6, 6.07) is 5.62. The van der Waals surface area contributed by atoms with Gasteiger partial charge in [-0.1, -0.05) is 18.2 Å². The number of hydrogen-bond acceptors (Lipinski definition) is 7. The van der Waals surface area contributed by atoms with Crippen LogP contribution in [-0.4, -0.2) is 75.5 Å². The Kier molecular flexibility index (Phi) is 7.65. The van der Waals surface area contributed by atoms with Gasteiger partial charge >= 0.3 is 6.03 Å². The fourth-order valence-electron chi connectivity index (χ4n) is 5.11. The summed E-state index contributed by atoms with van der Waals surface area (Å²) in [5.41, 5.74) is 5.63. The van der Waals surface area contributed by atoms with Gasteiger partial charge in [-0.25, -0.2) is 19.2 Å². The number of piperazine rings is 1. The number of thiophene rings is 1. The van der Waals surface area contributed by atoms with E-state index in [9.17, 15) is 14.0 Å². The summed E-state index contributed by atoms with van der Waals surface area (Å²) in [5, 5.41) is 4.01. The standard InChI is InChI=1S/C27H30ClFN6O2S/c1-16-8-19(28)9-21(22(16)14-34-17(2)11-30-12-18(34)3)25-26-23(31-15-32-25)10-20(38-26)13-35-24(36)4-6-33(7-5-29)27(35)37/h8-10,15,18,30H,2,4-7,11-14H2,1,3H3/t18-/m0/s1. The van der Waals surface area contributed by atoms with E-state index in [0.717, 1.165) is 56.3 Å². The smallest absolute Gasteiger partial charge is 0.327 e. The summed E-state index contributed by atoms with van der Waals surface area (Å²) < 4.78 is 13.8. The molecule has 0 unspecified atom stereocenters. The van der Waals surface area contributed by atoms with Crippen LogP contribution in [0.3, 0.4) is 0 Å². The van der Waals surface area contributed by atoms with Crippen molar-refractivity contribution < 1.29 is 14.0 Å². The van der Waals surface area contributed by atoms with Crippen LogP contribution in [-0.2, 0) is 17.9 Å². The van der Waals surface area contributed by atoms with Crippen molar-refractivity contribution in [2.24, 2.45) is 0 Å².